The van der Waals surface area contributed by atoms with Gasteiger partial charge in [-0.25, -0.2) is 5.43 Å². The lowest BCUT2D eigenvalue weighted by atomic mass is 9.81. The largest absolute Gasteiger partial charge is 0.350 e. The lowest BCUT2D eigenvalue weighted by Gasteiger charge is -2.39. The lowest BCUT2D eigenvalue weighted by molar-refractivity contribution is -0.126. The summed E-state index contributed by atoms with van der Waals surface area (Å²) in [5.41, 5.74) is 2.81. The van der Waals surface area contributed by atoms with Gasteiger partial charge in [-0.1, -0.05) is 19.8 Å². The number of hydrogen-bond donors (Lipinski definition) is 3. The van der Waals surface area contributed by atoms with Crippen LogP contribution in [0.3, 0.4) is 0 Å². The Morgan fingerprint density at radius 2 is 2.00 bits per heavy atom. The van der Waals surface area contributed by atoms with Crippen molar-refractivity contribution < 1.29 is 13.6 Å². The first-order valence-corrected chi connectivity index (χ1v) is 8.90. The summed E-state index contributed by atoms with van der Waals surface area (Å²) in [5, 5.41) is 7.65. The molecule has 0 radical (unpaired) electrons. The molecule has 3 fully saturated rings. The van der Waals surface area contributed by atoms with E-state index in [-0.39, 0.29) is 29.8 Å². The zero-order chi connectivity index (χ0) is 16.4. The van der Waals surface area contributed by atoms with Gasteiger partial charge in [-0.15, -0.1) is 0 Å². The van der Waals surface area contributed by atoms with E-state index >= 15 is 0 Å². The maximum Gasteiger partial charge on any atom is 0.307 e. The van der Waals surface area contributed by atoms with Crippen molar-refractivity contribution in [2.24, 2.45) is 11.8 Å². The maximum atomic E-state index is 13.4. The van der Waals surface area contributed by atoms with Crippen molar-refractivity contribution in [3.05, 3.63) is 0 Å². The normalized spacial score (nSPS) is 40.2. The van der Waals surface area contributed by atoms with Crippen molar-refractivity contribution in [3.8, 4) is 0 Å². The predicted molar refractivity (Wildman–Crippen MR) is 83.7 cm³/mol. The summed E-state index contributed by atoms with van der Waals surface area (Å²) in [7, 11) is 0. The molecule has 0 aliphatic carbocycles. The third kappa shape index (κ3) is 3.83. The quantitative estimate of drug-likeness (QED) is 0.637. The van der Waals surface area contributed by atoms with Crippen molar-refractivity contribution in [2.45, 2.75) is 70.1 Å². The molecule has 3 aliphatic heterocycles. The molecule has 1 amide bonds. The number of halogens is 2. The van der Waals surface area contributed by atoms with Gasteiger partial charge in [-0.05, 0) is 38.1 Å². The summed E-state index contributed by atoms with van der Waals surface area (Å²) in [6, 6.07) is -0.141. The van der Waals surface area contributed by atoms with Crippen LogP contribution in [0.15, 0.2) is 0 Å². The molecule has 2 bridgehead atoms. The molecule has 5 atom stereocenters. The third-order valence-electron chi connectivity index (χ3n) is 5.67. The van der Waals surface area contributed by atoms with E-state index in [9.17, 15) is 13.6 Å². The van der Waals surface area contributed by atoms with E-state index in [1.54, 1.807) is 0 Å². The van der Waals surface area contributed by atoms with Crippen LogP contribution in [0.5, 0.6) is 0 Å². The van der Waals surface area contributed by atoms with E-state index in [0.717, 1.165) is 50.1 Å². The van der Waals surface area contributed by atoms with Crippen molar-refractivity contribution >= 4 is 5.91 Å². The topological polar surface area (TPSA) is 56.4 Å². The van der Waals surface area contributed by atoms with Gasteiger partial charge in [0.2, 0.25) is 5.91 Å². The molecule has 5 unspecified atom stereocenters. The smallest absolute Gasteiger partial charge is 0.307 e. The van der Waals surface area contributed by atoms with Crippen LogP contribution in [-0.4, -0.2) is 48.7 Å². The number of rotatable bonds is 1. The Morgan fingerprint density at radius 1 is 1.22 bits per heavy atom. The number of piperidine rings is 1. The predicted octanol–water partition coefficient (Wildman–Crippen LogP) is 1.46. The van der Waals surface area contributed by atoms with Gasteiger partial charge in [0.15, 0.2) is 0 Å². The van der Waals surface area contributed by atoms with E-state index in [2.05, 4.69) is 16.1 Å². The second-order valence-corrected chi connectivity index (χ2v) is 7.27. The van der Waals surface area contributed by atoms with E-state index in [0.29, 0.717) is 12.6 Å². The number of fused-ring (bicyclic) bond motifs is 4. The molecule has 3 aliphatic rings. The average Bonchev–Trinajstić information content (AvgIpc) is 2.94. The Hall–Kier alpha value is -0.790. The van der Waals surface area contributed by atoms with Crippen LogP contribution in [0.25, 0.3) is 0 Å². The fourth-order valence-electron chi connectivity index (χ4n) is 4.38. The average molecular weight is 330 g/mol. The van der Waals surface area contributed by atoms with Crippen LogP contribution >= 0.6 is 0 Å². The number of nitrogens with one attached hydrogen (secondary N) is 3. The molecule has 3 rings (SSSR count). The molecule has 0 saturated carbocycles. The molecule has 23 heavy (non-hydrogen) atoms. The minimum Gasteiger partial charge on any atom is -0.350 e. The first-order chi connectivity index (χ1) is 11.1. The highest BCUT2D eigenvalue weighted by Gasteiger charge is 2.45. The number of hydrazine groups is 1. The van der Waals surface area contributed by atoms with E-state index < -0.39 is 6.55 Å². The summed E-state index contributed by atoms with van der Waals surface area (Å²) < 4.78 is 26.8. The van der Waals surface area contributed by atoms with Gasteiger partial charge in [0.25, 0.3) is 0 Å². The Kier molecular flexibility index (Phi) is 5.49. The zero-order valence-electron chi connectivity index (χ0n) is 13.7. The summed E-state index contributed by atoms with van der Waals surface area (Å²) in [4.78, 5) is 12.4. The highest BCUT2D eigenvalue weighted by atomic mass is 19.3. The van der Waals surface area contributed by atoms with E-state index in [1.165, 1.54) is 0 Å². The van der Waals surface area contributed by atoms with Gasteiger partial charge in [0.05, 0.1) is 12.1 Å². The second kappa shape index (κ2) is 7.40. The fourth-order valence-corrected chi connectivity index (χ4v) is 4.38. The minimum absolute atomic E-state index is 0.00368. The molecule has 3 N–H and O–H groups in total. The number of hydrogen-bond acceptors (Lipinski definition) is 4. The fraction of sp³-hybridized carbons (Fsp3) is 0.938. The Morgan fingerprint density at radius 3 is 2.78 bits per heavy atom. The van der Waals surface area contributed by atoms with E-state index in [4.69, 9.17) is 0 Å². The third-order valence-corrected chi connectivity index (χ3v) is 5.67. The van der Waals surface area contributed by atoms with E-state index in [1.807, 2.05) is 6.92 Å². The number of amides is 1. The van der Waals surface area contributed by atoms with Crippen LogP contribution in [0, 0.1) is 11.8 Å². The zero-order valence-corrected chi connectivity index (χ0v) is 13.7. The molecular weight excluding hydrogens is 302 g/mol. The highest BCUT2D eigenvalue weighted by molar-refractivity contribution is 5.78. The van der Waals surface area contributed by atoms with Crippen molar-refractivity contribution in [2.75, 3.05) is 13.1 Å². The molecule has 5 nitrogen and oxygen atoms in total. The van der Waals surface area contributed by atoms with Crippen LogP contribution < -0.4 is 16.1 Å². The van der Waals surface area contributed by atoms with Gasteiger partial charge >= 0.3 is 6.55 Å². The molecule has 132 valence electrons. The highest BCUT2D eigenvalue weighted by Crippen LogP contribution is 2.31. The number of carbonyl (C=O) groups is 1. The number of carbonyl (C=O) groups excluding carboxylic acids is 1. The summed E-state index contributed by atoms with van der Waals surface area (Å²) in [6.07, 6.45) is 5.88. The molecule has 3 saturated heterocycles. The summed E-state index contributed by atoms with van der Waals surface area (Å²) in [5.74, 6) is 0.137. The summed E-state index contributed by atoms with van der Waals surface area (Å²) in [6.45, 7) is 0.658. The Balaban J connectivity index is 1.81. The van der Waals surface area contributed by atoms with Crippen LogP contribution in [-0.2, 0) is 4.79 Å². The first-order valence-electron chi connectivity index (χ1n) is 8.90. The Bertz CT molecular complexity index is 423. The molecule has 3 heterocycles. The summed E-state index contributed by atoms with van der Waals surface area (Å²) >= 11 is 0. The van der Waals surface area contributed by atoms with Crippen molar-refractivity contribution in [1.29, 1.82) is 0 Å². The molecule has 0 aromatic heterocycles. The van der Waals surface area contributed by atoms with Gasteiger partial charge in [-0.3, -0.25) is 4.79 Å². The molecule has 0 aromatic rings. The Labute approximate surface area is 136 Å². The minimum atomic E-state index is -2.54. The molecule has 7 heteroatoms. The standard InChI is InChI=1S/C16H28F2N4O/c1-10-4-2-3-5-12-8-11(6-7-19-12)14-13(21-15(10)23)9-20-22(14)16(17)18/h10-14,16,19-20H,2-9H2,1H3,(H,21,23). The second-order valence-electron chi connectivity index (χ2n) is 7.27. The van der Waals surface area contributed by atoms with Crippen LogP contribution in [0.2, 0.25) is 0 Å². The SMILES string of the molecule is CC1CCCCC2CC(CCN2)C2C(CNN2C(F)F)NC1=O. The first kappa shape index (κ1) is 17.0. The molecule has 0 spiro atoms. The van der Waals surface area contributed by atoms with Crippen molar-refractivity contribution in [3.63, 3.8) is 0 Å². The number of alkyl halides is 2. The van der Waals surface area contributed by atoms with Crippen LogP contribution in [0.1, 0.15) is 45.4 Å². The monoisotopic (exact) mass is 330 g/mol. The maximum absolute atomic E-state index is 13.4. The lowest BCUT2D eigenvalue weighted by Crippen LogP contribution is -2.55. The molecular formula is C16H28F2N4O. The van der Waals surface area contributed by atoms with Gasteiger partial charge in [-0.2, -0.15) is 13.8 Å². The molecule has 0 aromatic carbocycles. The van der Waals surface area contributed by atoms with Crippen LogP contribution in [0.4, 0.5) is 8.78 Å². The number of nitrogens with zero attached hydrogens (tertiary/aromatic N) is 1. The van der Waals surface area contributed by atoms with Gasteiger partial charge < -0.3 is 10.6 Å². The van der Waals surface area contributed by atoms with Gasteiger partial charge in [0.1, 0.15) is 0 Å². The van der Waals surface area contributed by atoms with Gasteiger partial charge in [0, 0.05) is 18.5 Å². The van der Waals surface area contributed by atoms with Crippen molar-refractivity contribution in [1.82, 2.24) is 21.1 Å².